The van der Waals surface area contributed by atoms with Crippen molar-refractivity contribution in [2.75, 3.05) is 23.3 Å². The first kappa shape index (κ1) is 22.3. The molecule has 1 N–H and O–H groups in total. The monoisotopic (exact) mass is 476 g/mol. The largest absolute Gasteiger partial charge is 0.341 e. The van der Waals surface area contributed by atoms with E-state index in [-0.39, 0.29) is 29.7 Å². The van der Waals surface area contributed by atoms with Crippen LogP contribution in [0.25, 0.3) is 10.2 Å². The number of thiophene rings is 1. The summed E-state index contributed by atoms with van der Waals surface area (Å²) in [6.07, 6.45) is 1.59. The van der Waals surface area contributed by atoms with Gasteiger partial charge in [-0.3, -0.25) is 14.2 Å². The molecule has 6 nitrogen and oxygen atoms in total. The van der Waals surface area contributed by atoms with E-state index in [9.17, 15) is 14.0 Å². The summed E-state index contributed by atoms with van der Waals surface area (Å²) >= 11 is 1.37. The van der Waals surface area contributed by atoms with Gasteiger partial charge >= 0.3 is 0 Å². The van der Waals surface area contributed by atoms with E-state index in [1.807, 2.05) is 47.5 Å². The molecule has 1 aliphatic heterocycles. The van der Waals surface area contributed by atoms with E-state index >= 15 is 0 Å². The summed E-state index contributed by atoms with van der Waals surface area (Å²) in [5.41, 5.74) is 3.22. The van der Waals surface area contributed by atoms with Crippen LogP contribution >= 0.6 is 11.3 Å². The molecule has 0 radical (unpaired) electrons. The highest BCUT2D eigenvalue weighted by Gasteiger charge is 2.29. The first-order valence-corrected chi connectivity index (χ1v) is 12.2. The third kappa shape index (κ3) is 4.59. The minimum atomic E-state index is -0.318. The number of halogens is 1. The molecule has 1 aliphatic rings. The second-order valence-electron chi connectivity index (χ2n) is 8.71. The Labute approximate surface area is 200 Å². The van der Waals surface area contributed by atoms with Gasteiger partial charge < -0.3 is 10.2 Å². The second-order valence-corrected chi connectivity index (χ2v) is 9.62. The number of nitrogens with zero attached hydrogens (tertiary/aromatic N) is 3. The molecule has 0 saturated carbocycles. The van der Waals surface area contributed by atoms with Crippen LogP contribution in [-0.4, -0.2) is 28.5 Å². The van der Waals surface area contributed by atoms with Gasteiger partial charge in [-0.25, -0.2) is 9.37 Å². The molecule has 0 spiro atoms. The Kier molecular flexibility index (Phi) is 6.15. The predicted molar refractivity (Wildman–Crippen MR) is 134 cm³/mol. The van der Waals surface area contributed by atoms with Crippen LogP contribution in [0, 0.1) is 18.7 Å². The van der Waals surface area contributed by atoms with Crippen molar-refractivity contribution in [2.45, 2.75) is 26.3 Å². The van der Waals surface area contributed by atoms with Gasteiger partial charge in [0.2, 0.25) is 11.9 Å². The van der Waals surface area contributed by atoms with Crippen molar-refractivity contribution in [3.8, 4) is 0 Å². The standard InChI is InChI=1S/C26H25FN4O2S/c1-17-4-2-6-21(14-17)28-24(32)19-5-3-12-30(16-19)26-29-22-11-13-34-23(22)25(33)31(26)15-18-7-9-20(27)10-8-18/h2,4,6-11,13-14,19H,3,5,12,15-16H2,1H3,(H,28,32). The Hall–Kier alpha value is -3.52. The number of anilines is 2. The Morgan fingerprint density at radius 2 is 2.03 bits per heavy atom. The fraction of sp³-hybridized carbons (Fsp3) is 0.269. The number of piperidine rings is 1. The average molecular weight is 477 g/mol. The molecule has 1 saturated heterocycles. The zero-order chi connectivity index (χ0) is 23.7. The van der Waals surface area contributed by atoms with Crippen molar-refractivity contribution in [2.24, 2.45) is 5.92 Å². The molecule has 1 amide bonds. The minimum Gasteiger partial charge on any atom is -0.341 e. The van der Waals surface area contributed by atoms with E-state index in [2.05, 4.69) is 5.32 Å². The highest BCUT2D eigenvalue weighted by Crippen LogP contribution is 2.26. The first-order valence-electron chi connectivity index (χ1n) is 11.3. The maximum Gasteiger partial charge on any atom is 0.273 e. The summed E-state index contributed by atoms with van der Waals surface area (Å²) in [4.78, 5) is 33.3. The number of fused-ring (bicyclic) bond motifs is 1. The third-order valence-corrected chi connectivity index (χ3v) is 7.05. The summed E-state index contributed by atoms with van der Waals surface area (Å²) in [5, 5.41) is 4.89. The topological polar surface area (TPSA) is 67.2 Å². The van der Waals surface area contributed by atoms with Crippen LogP contribution < -0.4 is 15.8 Å². The van der Waals surface area contributed by atoms with E-state index in [1.165, 1.54) is 23.5 Å². The number of hydrogen-bond acceptors (Lipinski definition) is 5. The fourth-order valence-corrected chi connectivity index (χ4v) is 5.21. The maximum absolute atomic E-state index is 13.4. The second kappa shape index (κ2) is 9.38. The molecule has 1 atom stereocenters. The molecular weight excluding hydrogens is 451 g/mol. The first-order chi connectivity index (χ1) is 16.5. The number of rotatable bonds is 5. The molecule has 4 aromatic rings. The zero-order valence-corrected chi connectivity index (χ0v) is 19.6. The number of hydrogen-bond donors (Lipinski definition) is 1. The molecule has 2 aromatic carbocycles. The average Bonchev–Trinajstić information content (AvgIpc) is 3.31. The van der Waals surface area contributed by atoms with Crippen molar-refractivity contribution in [3.63, 3.8) is 0 Å². The number of aryl methyl sites for hydroxylation is 1. The molecule has 5 rings (SSSR count). The summed E-state index contributed by atoms with van der Waals surface area (Å²) < 4.78 is 15.7. The lowest BCUT2D eigenvalue weighted by atomic mass is 9.97. The maximum atomic E-state index is 13.4. The zero-order valence-electron chi connectivity index (χ0n) is 18.8. The lowest BCUT2D eigenvalue weighted by Crippen LogP contribution is -2.43. The minimum absolute atomic E-state index is 0.0284. The number of benzene rings is 2. The number of nitrogens with one attached hydrogen (secondary N) is 1. The van der Waals surface area contributed by atoms with Crippen LogP contribution in [0.5, 0.6) is 0 Å². The van der Waals surface area contributed by atoms with Gasteiger partial charge in [0.25, 0.3) is 5.56 Å². The van der Waals surface area contributed by atoms with E-state index in [4.69, 9.17) is 4.98 Å². The van der Waals surface area contributed by atoms with Gasteiger partial charge in [-0.15, -0.1) is 11.3 Å². The van der Waals surface area contributed by atoms with Gasteiger partial charge in [-0.2, -0.15) is 0 Å². The molecule has 34 heavy (non-hydrogen) atoms. The highest BCUT2D eigenvalue weighted by atomic mass is 32.1. The lowest BCUT2D eigenvalue weighted by molar-refractivity contribution is -0.120. The summed E-state index contributed by atoms with van der Waals surface area (Å²) in [6.45, 7) is 3.46. The number of carbonyl (C=O) groups is 1. The lowest BCUT2D eigenvalue weighted by Gasteiger charge is -2.34. The van der Waals surface area contributed by atoms with Crippen molar-refractivity contribution >= 4 is 39.1 Å². The van der Waals surface area contributed by atoms with Gasteiger partial charge in [-0.1, -0.05) is 24.3 Å². The van der Waals surface area contributed by atoms with Crippen molar-refractivity contribution in [1.82, 2.24) is 9.55 Å². The summed E-state index contributed by atoms with van der Waals surface area (Å²) in [6, 6.07) is 15.7. The van der Waals surface area contributed by atoms with Crippen LogP contribution in [0.2, 0.25) is 0 Å². The number of carbonyl (C=O) groups excluding carboxylic acids is 1. The van der Waals surface area contributed by atoms with Crippen LogP contribution in [0.3, 0.4) is 0 Å². The molecule has 0 aliphatic carbocycles. The van der Waals surface area contributed by atoms with Gasteiger partial charge in [0.15, 0.2) is 0 Å². The Balaban J connectivity index is 1.44. The third-order valence-electron chi connectivity index (χ3n) is 6.16. The predicted octanol–water partition coefficient (Wildman–Crippen LogP) is 4.81. The molecule has 0 bridgehead atoms. The van der Waals surface area contributed by atoms with Crippen molar-refractivity contribution < 1.29 is 9.18 Å². The van der Waals surface area contributed by atoms with E-state index in [0.717, 1.165) is 29.7 Å². The molecule has 2 aromatic heterocycles. The quantitative estimate of drug-likeness (QED) is 0.449. The molecule has 3 heterocycles. The van der Waals surface area contributed by atoms with Crippen LogP contribution in [0.1, 0.15) is 24.0 Å². The molecule has 8 heteroatoms. The molecule has 1 fully saturated rings. The Morgan fingerprint density at radius 1 is 1.21 bits per heavy atom. The SMILES string of the molecule is Cc1cccc(NC(=O)C2CCCN(c3nc4ccsc4c(=O)n3Cc3ccc(F)cc3)C2)c1. The van der Waals surface area contributed by atoms with E-state index in [1.54, 1.807) is 16.7 Å². The van der Waals surface area contributed by atoms with E-state index < -0.39 is 0 Å². The van der Waals surface area contributed by atoms with Crippen LogP contribution in [0.4, 0.5) is 16.0 Å². The number of amides is 1. The van der Waals surface area contributed by atoms with Crippen LogP contribution in [0.15, 0.2) is 64.8 Å². The van der Waals surface area contributed by atoms with Gasteiger partial charge in [0.05, 0.1) is 18.0 Å². The summed E-state index contributed by atoms with van der Waals surface area (Å²) in [5.74, 6) is -0.0159. The van der Waals surface area contributed by atoms with Gasteiger partial charge in [0.1, 0.15) is 10.5 Å². The molecular formula is C26H25FN4O2S. The molecule has 174 valence electrons. The van der Waals surface area contributed by atoms with Gasteiger partial charge in [-0.05, 0) is 66.6 Å². The fourth-order valence-electron chi connectivity index (χ4n) is 4.43. The van der Waals surface area contributed by atoms with E-state index in [0.29, 0.717) is 29.3 Å². The number of aromatic nitrogens is 2. The summed E-state index contributed by atoms with van der Waals surface area (Å²) in [7, 11) is 0. The Bertz CT molecular complexity index is 1400. The van der Waals surface area contributed by atoms with Crippen molar-refractivity contribution in [1.29, 1.82) is 0 Å². The van der Waals surface area contributed by atoms with Crippen molar-refractivity contribution in [3.05, 3.63) is 87.3 Å². The smallest absolute Gasteiger partial charge is 0.273 e. The Morgan fingerprint density at radius 3 is 2.82 bits per heavy atom. The highest BCUT2D eigenvalue weighted by molar-refractivity contribution is 7.17. The van der Waals surface area contributed by atoms with Crippen LogP contribution in [-0.2, 0) is 11.3 Å². The molecule has 1 unspecified atom stereocenters. The normalized spacial score (nSPS) is 16.1. The van der Waals surface area contributed by atoms with Gasteiger partial charge in [0, 0.05) is 18.8 Å².